The lowest BCUT2D eigenvalue weighted by atomic mass is 10.3. The van der Waals surface area contributed by atoms with E-state index in [0.717, 1.165) is 0 Å². The molecule has 2 aromatic heterocycles. The van der Waals surface area contributed by atoms with Crippen molar-refractivity contribution in [3.8, 4) is 5.75 Å². The SMILES string of the molecule is O=c1c2ccncc2ncn1C[C@@H](O)COc1ccc(Cl)cc1. The van der Waals surface area contributed by atoms with Gasteiger partial charge < -0.3 is 9.84 Å². The monoisotopic (exact) mass is 331 g/mol. The van der Waals surface area contributed by atoms with Crippen molar-refractivity contribution >= 4 is 22.5 Å². The van der Waals surface area contributed by atoms with Crippen LogP contribution in [-0.2, 0) is 6.54 Å². The van der Waals surface area contributed by atoms with Gasteiger partial charge >= 0.3 is 0 Å². The van der Waals surface area contributed by atoms with Crippen LogP contribution in [0.15, 0.2) is 53.8 Å². The number of pyridine rings is 1. The lowest BCUT2D eigenvalue weighted by molar-refractivity contribution is 0.0915. The van der Waals surface area contributed by atoms with Gasteiger partial charge in [-0.05, 0) is 30.3 Å². The predicted molar refractivity (Wildman–Crippen MR) is 86.8 cm³/mol. The van der Waals surface area contributed by atoms with Crippen molar-refractivity contribution in [2.24, 2.45) is 0 Å². The number of aromatic nitrogens is 3. The Kier molecular flexibility index (Phi) is 4.55. The molecule has 0 radical (unpaired) electrons. The number of rotatable bonds is 5. The van der Waals surface area contributed by atoms with Gasteiger partial charge in [0.2, 0.25) is 0 Å². The van der Waals surface area contributed by atoms with Crippen LogP contribution in [-0.4, -0.2) is 32.4 Å². The maximum absolute atomic E-state index is 12.3. The fraction of sp³-hybridized carbons (Fsp3) is 0.188. The minimum Gasteiger partial charge on any atom is -0.491 e. The summed E-state index contributed by atoms with van der Waals surface area (Å²) >= 11 is 5.79. The van der Waals surface area contributed by atoms with Crippen LogP contribution in [0.5, 0.6) is 5.75 Å². The number of aliphatic hydroxyl groups is 1. The van der Waals surface area contributed by atoms with Crippen LogP contribution in [0.25, 0.3) is 10.9 Å². The van der Waals surface area contributed by atoms with Gasteiger partial charge in [0.25, 0.3) is 5.56 Å². The molecular formula is C16H14ClN3O3. The van der Waals surface area contributed by atoms with Gasteiger partial charge in [0.15, 0.2) is 0 Å². The summed E-state index contributed by atoms with van der Waals surface area (Å²) in [5.74, 6) is 0.600. The van der Waals surface area contributed by atoms with E-state index in [4.69, 9.17) is 16.3 Å². The van der Waals surface area contributed by atoms with Crippen molar-refractivity contribution in [1.29, 1.82) is 0 Å². The van der Waals surface area contributed by atoms with E-state index in [9.17, 15) is 9.90 Å². The first-order valence-corrected chi connectivity index (χ1v) is 7.37. The molecule has 2 heterocycles. The van der Waals surface area contributed by atoms with Gasteiger partial charge in [0.05, 0.1) is 30.0 Å². The molecule has 3 rings (SSSR count). The molecule has 0 aliphatic rings. The molecule has 0 bridgehead atoms. The highest BCUT2D eigenvalue weighted by atomic mass is 35.5. The second kappa shape index (κ2) is 6.76. The summed E-state index contributed by atoms with van der Waals surface area (Å²) in [5.41, 5.74) is 0.309. The molecule has 0 saturated heterocycles. The third-order valence-electron chi connectivity index (χ3n) is 3.29. The second-order valence-corrected chi connectivity index (χ2v) is 5.45. The summed E-state index contributed by atoms with van der Waals surface area (Å²) in [6.45, 7) is 0.153. The molecule has 3 aromatic rings. The Balaban J connectivity index is 1.68. The highest BCUT2D eigenvalue weighted by Crippen LogP contribution is 2.15. The van der Waals surface area contributed by atoms with E-state index in [-0.39, 0.29) is 18.7 Å². The summed E-state index contributed by atoms with van der Waals surface area (Å²) < 4.78 is 6.83. The molecule has 0 aliphatic carbocycles. The minimum atomic E-state index is -0.843. The molecular weight excluding hydrogens is 318 g/mol. The van der Waals surface area contributed by atoms with Gasteiger partial charge in [0.1, 0.15) is 18.5 Å². The van der Waals surface area contributed by atoms with Crippen LogP contribution in [0, 0.1) is 0 Å². The van der Waals surface area contributed by atoms with Crippen LogP contribution in [0.4, 0.5) is 0 Å². The number of fused-ring (bicyclic) bond motifs is 1. The van der Waals surface area contributed by atoms with Crippen molar-refractivity contribution < 1.29 is 9.84 Å². The van der Waals surface area contributed by atoms with Crippen LogP contribution >= 0.6 is 11.6 Å². The molecule has 6 nitrogen and oxygen atoms in total. The molecule has 0 aliphatic heterocycles. The molecule has 0 fully saturated rings. The van der Waals surface area contributed by atoms with Gasteiger partial charge in [0, 0.05) is 11.2 Å². The van der Waals surface area contributed by atoms with Crippen LogP contribution in [0.2, 0.25) is 5.02 Å². The first-order chi connectivity index (χ1) is 11.1. The summed E-state index contributed by atoms with van der Waals surface area (Å²) in [6.07, 6.45) is 3.62. The maximum Gasteiger partial charge on any atom is 0.261 e. The van der Waals surface area contributed by atoms with Crippen molar-refractivity contribution in [3.63, 3.8) is 0 Å². The number of aliphatic hydroxyl groups excluding tert-OH is 1. The zero-order chi connectivity index (χ0) is 16.2. The normalized spacial score (nSPS) is 12.3. The smallest absolute Gasteiger partial charge is 0.261 e. The molecule has 23 heavy (non-hydrogen) atoms. The Bertz CT molecular complexity index is 864. The molecule has 7 heteroatoms. The third-order valence-corrected chi connectivity index (χ3v) is 3.54. The maximum atomic E-state index is 12.3. The van der Waals surface area contributed by atoms with Crippen LogP contribution in [0.3, 0.4) is 0 Å². The van der Waals surface area contributed by atoms with Crippen molar-refractivity contribution in [2.75, 3.05) is 6.61 Å². The van der Waals surface area contributed by atoms with E-state index in [0.29, 0.717) is 21.7 Å². The Hall–Kier alpha value is -2.44. The molecule has 1 aromatic carbocycles. The second-order valence-electron chi connectivity index (χ2n) is 5.01. The number of hydrogen-bond donors (Lipinski definition) is 1. The summed E-state index contributed by atoms with van der Waals surface area (Å²) in [6, 6.07) is 8.44. The first-order valence-electron chi connectivity index (χ1n) is 6.99. The standard InChI is InChI=1S/C16H14ClN3O3/c17-11-1-3-13(4-2-11)23-9-12(21)8-20-10-19-15-7-18-6-5-14(15)16(20)22/h1-7,10,12,21H,8-9H2/t12-/m1/s1. The van der Waals surface area contributed by atoms with Crippen LogP contribution in [0.1, 0.15) is 0 Å². The predicted octanol–water partition coefficient (Wildman–Crippen LogP) is 1.88. The van der Waals surface area contributed by atoms with Crippen molar-refractivity contribution in [3.05, 3.63) is 64.4 Å². The van der Waals surface area contributed by atoms with E-state index in [1.54, 1.807) is 30.3 Å². The van der Waals surface area contributed by atoms with Gasteiger partial charge in [-0.1, -0.05) is 11.6 Å². The largest absolute Gasteiger partial charge is 0.491 e. The highest BCUT2D eigenvalue weighted by Gasteiger charge is 2.10. The molecule has 0 saturated carbocycles. The molecule has 1 atom stereocenters. The fourth-order valence-electron chi connectivity index (χ4n) is 2.14. The molecule has 0 amide bonds. The van der Waals surface area contributed by atoms with Gasteiger partial charge in [-0.2, -0.15) is 0 Å². The van der Waals surface area contributed by atoms with Crippen LogP contribution < -0.4 is 10.3 Å². The number of benzene rings is 1. The quantitative estimate of drug-likeness (QED) is 0.772. The zero-order valence-electron chi connectivity index (χ0n) is 12.1. The lowest BCUT2D eigenvalue weighted by Gasteiger charge is -2.14. The number of ether oxygens (including phenoxy) is 1. The van der Waals surface area contributed by atoms with Gasteiger partial charge in [-0.25, -0.2) is 4.98 Å². The van der Waals surface area contributed by atoms with E-state index in [1.807, 2.05) is 0 Å². The highest BCUT2D eigenvalue weighted by molar-refractivity contribution is 6.30. The third kappa shape index (κ3) is 3.67. The fourth-order valence-corrected chi connectivity index (χ4v) is 2.27. The Morgan fingerprint density at radius 1 is 1.26 bits per heavy atom. The Morgan fingerprint density at radius 2 is 2.04 bits per heavy atom. The zero-order valence-corrected chi connectivity index (χ0v) is 12.8. The number of hydrogen-bond acceptors (Lipinski definition) is 5. The summed E-state index contributed by atoms with van der Waals surface area (Å²) in [4.78, 5) is 20.4. The van der Waals surface area contributed by atoms with Crippen molar-refractivity contribution in [1.82, 2.24) is 14.5 Å². The first kappa shape index (κ1) is 15.5. The lowest BCUT2D eigenvalue weighted by Crippen LogP contribution is -2.30. The number of halogens is 1. The Labute approximate surface area is 137 Å². The average Bonchev–Trinajstić information content (AvgIpc) is 2.57. The van der Waals surface area contributed by atoms with Gasteiger partial charge in [-0.3, -0.25) is 14.3 Å². The molecule has 0 spiro atoms. The molecule has 0 unspecified atom stereocenters. The van der Waals surface area contributed by atoms with Gasteiger partial charge in [-0.15, -0.1) is 0 Å². The number of nitrogens with zero attached hydrogens (tertiary/aromatic N) is 3. The average molecular weight is 332 g/mol. The molecule has 1 N–H and O–H groups in total. The summed E-state index contributed by atoms with van der Waals surface area (Å²) in [5, 5.41) is 11.1. The van der Waals surface area contributed by atoms with Crippen molar-refractivity contribution in [2.45, 2.75) is 12.6 Å². The topological polar surface area (TPSA) is 77.2 Å². The van der Waals surface area contributed by atoms with E-state index < -0.39 is 6.10 Å². The minimum absolute atomic E-state index is 0.0580. The van der Waals surface area contributed by atoms with E-state index in [2.05, 4.69) is 9.97 Å². The molecule has 118 valence electrons. The Morgan fingerprint density at radius 3 is 2.83 bits per heavy atom. The van der Waals surface area contributed by atoms with E-state index >= 15 is 0 Å². The van der Waals surface area contributed by atoms with E-state index in [1.165, 1.54) is 23.3 Å². The summed E-state index contributed by atoms with van der Waals surface area (Å²) in [7, 11) is 0.